The van der Waals surface area contributed by atoms with Crippen LogP contribution in [0.4, 0.5) is 4.79 Å². The van der Waals surface area contributed by atoms with E-state index in [0.717, 1.165) is 53.7 Å². The van der Waals surface area contributed by atoms with Crippen LogP contribution in [0, 0.1) is 23.7 Å². The fourth-order valence-electron chi connectivity index (χ4n) is 8.68. The molecule has 210 valence electrons. The van der Waals surface area contributed by atoms with E-state index in [1.165, 1.54) is 64.5 Å². The molecule has 0 radical (unpaired) electrons. The normalized spacial score (nSPS) is 31.4. The first-order chi connectivity index (χ1) is 19.0. The van der Waals surface area contributed by atoms with E-state index in [0.29, 0.717) is 0 Å². The van der Waals surface area contributed by atoms with Crippen molar-refractivity contribution < 1.29 is 9.90 Å². The molecule has 39 heavy (non-hydrogen) atoms. The molecule has 2 aliphatic heterocycles. The van der Waals surface area contributed by atoms with Crippen molar-refractivity contribution in [3.8, 4) is 0 Å². The number of nitrogens with zero attached hydrogens (tertiary/aromatic N) is 1. The SMILES string of the molecule is C[C@@H](NC(=O)NC1CCC(CCN2CC3C[C@@H]4C[C@H](C3)C[C@@H]2C4)CC1)C(O)(c1ccccc1)c1ccccc1. The van der Waals surface area contributed by atoms with Crippen molar-refractivity contribution in [1.29, 1.82) is 0 Å². The lowest BCUT2D eigenvalue weighted by Gasteiger charge is -2.39. The molecule has 3 N–H and O–H groups in total. The number of rotatable bonds is 8. The Bertz CT molecular complexity index is 1030. The molecule has 4 bridgehead atoms. The Morgan fingerprint density at radius 2 is 1.44 bits per heavy atom. The minimum Gasteiger partial charge on any atom is -0.378 e. The zero-order valence-corrected chi connectivity index (χ0v) is 23.6. The second kappa shape index (κ2) is 11.6. The van der Waals surface area contributed by atoms with Gasteiger partial charge in [0.05, 0.1) is 6.04 Å². The van der Waals surface area contributed by atoms with Crippen molar-refractivity contribution in [2.45, 2.75) is 94.9 Å². The first-order valence-electron chi connectivity index (χ1n) is 15.6. The van der Waals surface area contributed by atoms with Crippen molar-refractivity contribution in [1.82, 2.24) is 15.5 Å². The number of nitrogens with one attached hydrogen (secondary N) is 2. The minimum atomic E-state index is -1.32. The number of benzene rings is 2. The van der Waals surface area contributed by atoms with Crippen LogP contribution in [0.3, 0.4) is 0 Å². The maximum atomic E-state index is 13.1. The molecule has 2 aromatic rings. The van der Waals surface area contributed by atoms with Crippen LogP contribution >= 0.6 is 0 Å². The van der Waals surface area contributed by atoms with Crippen LogP contribution in [0.15, 0.2) is 60.7 Å². The van der Waals surface area contributed by atoms with E-state index in [9.17, 15) is 9.90 Å². The summed E-state index contributed by atoms with van der Waals surface area (Å²) < 4.78 is 0. The molecule has 2 amide bonds. The average molecular weight is 530 g/mol. The van der Waals surface area contributed by atoms with E-state index in [2.05, 4.69) is 15.5 Å². The van der Waals surface area contributed by atoms with Crippen LogP contribution in [0.1, 0.15) is 82.3 Å². The largest absolute Gasteiger partial charge is 0.378 e. The lowest BCUT2D eigenvalue weighted by molar-refractivity contribution is 0.0470. The van der Waals surface area contributed by atoms with E-state index in [-0.39, 0.29) is 12.1 Å². The van der Waals surface area contributed by atoms with Crippen LogP contribution < -0.4 is 10.6 Å². The molecule has 1 unspecified atom stereocenters. The molecular weight excluding hydrogens is 482 g/mol. The van der Waals surface area contributed by atoms with Gasteiger partial charge in [-0.3, -0.25) is 0 Å². The van der Waals surface area contributed by atoms with E-state index in [1.54, 1.807) is 0 Å². The zero-order chi connectivity index (χ0) is 26.8. The fourth-order valence-corrected chi connectivity index (χ4v) is 8.68. The quantitative estimate of drug-likeness (QED) is 0.389. The molecule has 5 heteroatoms. The number of urea groups is 1. The molecule has 3 saturated carbocycles. The van der Waals surface area contributed by atoms with Gasteiger partial charge in [0.1, 0.15) is 5.60 Å². The molecule has 3 aliphatic carbocycles. The summed E-state index contributed by atoms with van der Waals surface area (Å²) in [7, 11) is 0. The molecule has 0 spiro atoms. The molecule has 5 fully saturated rings. The van der Waals surface area contributed by atoms with Crippen LogP contribution in [-0.2, 0) is 5.60 Å². The molecule has 2 aromatic carbocycles. The van der Waals surface area contributed by atoms with Gasteiger partial charge < -0.3 is 20.6 Å². The summed E-state index contributed by atoms with van der Waals surface area (Å²) >= 11 is 0. The van der Waals surface area contributed by atoms with Crippen molar-refractivity contribution >= 4 is 6.03 Å². The van der Waals surface area contributed by atoms with Gasteiger partial charge in [-0.2, -0.15) is 0 Å². The number of carbonyl (C=O) groups excluding carboxylic acids is 1. The molecule has 5 aliphatic rings. The van der Waals surface area contributed by atoms with Crippen molar-refractivity contribution in [3.63, 3.8) is 0 Å². The van der Waals surface area contributed by atoms with E-state index in [1.807, 2.05) is 67.6 Å². The third-order valence-electron chi connectivity index (χ3n) is 10.6. The van der Waals surface area contributed by atoms with Gasteiger partial charge in [-0.1, -0.05) is 60.7 Å². The standard InChI is InChI=1S/C34H47N3O2/c1-24(34(39,29-8-4-2-5-9-29)30-10-6-3-7-11-30)35-33(38)36-31-14-12-25(13-15-31)16-17-37-23-28-19-26-18-27(20-28)22-32(37)21-26/h2-11,24-28,31-32,39H,12-23H2,1H3,(H2,35,36,38)/t24-,25?,26-,27+,28?,31?,32-/m1/s1. The second-order valence-corrected chi connectivity index (χ2v) is 13.3. The third kappa shape index (κ3) is 5.90. The molecule has 5 atom stereocenters. The Labute approximate surface area is 234 Å². The van der Waals surface area contributed by atoms with Gasteiger partial charge in [0.15, 0.2) is 0 Å². The Morgan fingerprint density at radius 3 is 2.03 bits per heavy atom. The highest BCUT2D eigenvalue weighted by Crippen LogP contribution is 2.47. The van der Waals surface area contributed by atoms with Crippen LogP contribution in [-0.4, -0.2) is 47.3 Å². The fraction of sp³-hybridized carbons (Fsp3) is 0.618. The number of hydrogen-bond acceptors (Lipinski definition) is 3. The van der Waals surface area contributed by atoms with Crippen molar-refractivity contribution in [2.75, 3.05) is 13.1 Å². The van der Waals surface area contributed by atoms with Gasteiger partial charge in [-0.25, -0.2) is 4.79 Å². The Hall–Kier alpha value is -2.37. The van der Waals surface area contributed by atoms with Crippen LogP contribution in [0.25, 0.3) is 0 Å². The van der Waals surface area contributed by atoms with Crippen molar-refractivity contribution in [2.24, 2.45) is 23.7 Å². The lowest BCUT2D eigenvalue weighted by Crippen LogP contribution is -2.54. The first kappa shape index (κ1) is 26.8. The van der Waals surface area contributed by atoms with Gasteiger partial charge in [0.25, 0.3) is 0 Å². The highest BCUT2D eigenvalue weighted by molar-refractivity contribution is 5.75. The smallest absolute Gasteiger partial charge is 0.315 e. The lowest BCUT2D eigenvalue weighted by atomic mass is 9.68. The number of aliphatic hydroxyl groups is 1. The molecular formula is C34H47N3O2. The summed E-state index contributed by atoms with van der Waals surface area (Å²) in [6.07, 6.45) is 13.2. The highest BCUT2D eigenvalue weighted by Gasteiger charge is 2.43. The first-order valence-corrected chi connectivity index (χ1v) is 15.6. The molecule has 2 heterocycles. The topological polar surface area (TPSA) is 64.6 Å². The maximum Gasteiger partial charge on any atom is 0.315 e. The summed E-state index contributed by atoms with van der Waals surface area (Å²) in [5.74, 6) is 3.78. The Morgan fingerprint density at radius 1 is 0.872 bits per heavy atom. The Balaban J connectivity index is 0.987. The molecule has 5 nitrogen and oxygen atoms in total. The monoisotopic (exact) mass is 529 g/mol. The van der Waals surface area contributed by atoms with E-state index < -0.39 is 11.6 Å². The molecule has 2 saturated heterocycles. The van der Waals surface area contributed by atoms with Crippen LogP contribution in [0.2, 0.25) is 0 Å². The van der Waals surface area contributed by atoms with Crippen LogP contribution in [0.5, 0.6) is 0 Å². The summed E-state index contributed by atoms with van der Waals surface area (Å²) in [6, 6.07) is 19.7. The van der Waals surface area contributed by atoms with Gasteiger partial charge >= 0.3 is 6.03 Å². The number of fused-ring (bicyclic) bond motifs is 1. The highest BCUT2D eigenvalue weighted by atomic mass is 16.3. The zero-order valence-electron chi connectivity index (χ0n) is 23.6. The molecule has 7 rings (SSSR count). The van der Waals surface area contributed by atoms with Crippen molar-refractivity contribution in [3.05, 3.63) is 71.8 Å². The number of hydrogen-bond donors (Lipinski definition) is 3. The van der Waals surface area contributed by atoms with E-state index >= 15 is 0 Å². The summed E-state index contributed by atoms with van der Waals surface area (Å²) in [6.45, 7) is 4.52. The number of carbonyl (C=O) groups is 1. The third-order valence-corrected chi connectivity index (χ3v) is 10.6. The summed E-state index contributed by atoms with van der Waals surface area (Å²) in [5.41, 5.74) is 0.230. The van der Waals surface area contributed by atoms with Gasteiger partial charge in [-0.15, -0.1) is 0 Å². The molecule has 0 aromatic heterocycles. The average Bonchev–Trinajstić information content (AvgIpc) is 3.15. The van der Waals surface area contributed by atoms with Gasteiger partial charge in [0, 0.05) is 18.6 Å². The predicted octanol–water partition coefficient (Wildman–Crippen LogP) is 6.07. The van der Waals surface area contributed by atoms with E-state index in [4.69, 9.17) is 0 Å². The van der Waals surface area contributed by atoms with Gasteiger partial charge in [-0.05, 0) is 112 Å². The summed E-state index contributed by atoms with van der Waals surface area (Å²) in [5, 5.41) is 18.2. The number of amides is 2. The maximum absolute atomic E-state index is 13.1. The Kier molecular flexibility index (Phi) is 8.00. The minimum absolute atomic E-state index is 0.188. The van der Waals surface area contributed by atoms with Gasteiger partial charge in [0.2, 0.25) is 0 Å². The predicted molar refractivity (Wildman–Crippen MR) is 156 cm³/mol. The second-order valence-electron chi connectivity index (χ2n) is 13.3. The summed E-state index contributed by atoms with van der Waals surface area (Å²) in [4.78, 5) is 16.0.